The summed E-state index contributed by atoms with van der Waals surface area (Å²) in [5.74, 6) is 2.10. The highest BCUT2D eigenvalue weighted by atomic mass is 16.7. The van der Waals surface area contributed by atoms with Crippen molar-refractivity contribution in [2.24, 2.45) is 14.1 Å². The molecule has 0 atom stereocenters. The molecule has 0 aromatic carbocycles. The number of nitrogens with zero attached hydrogens (tertiary/aromatic N) is 5. The van der Waals surface area contributed by atoms with Gasteiger partial charge in [0.05, 0.1) is 35.5 Å². The topological polar surface area (TPSA) is 88.2 Å². The van der Waals surface area contributed by atoms with E-state index in [2.05, 4.69) is 20.5 Å². The van der Waals surface area contributed by atoms with Crippen LogP contribution in [-0.2, 0) is 23.4 Å². The van der Waals surface area contributed by atoms with Gasteiger partial charge >= 0.3 is 7.12 Å². The molecule has 0 unspecified atom stereocenters. The van der Waals surface area contributed by atoms with E-state index in [1.54, 1.807) is 22.7 Å². The Hall–Kier alpha value is -2.59. The molecule has 0 aliphatic carbocycles. The quantitative estimate of drug-likeness (QED) is 0.686. The first-order chi connectivity index (χ1) is 13.1. The number of hydrogen-bond donors (Lipinski definition) is 1. The molecular formula is C18H25BN6O3. The van der Waals surface area contributed by atoms with Crippen LogP contribution in [0.3, 0.4) is 0 Å². The third-order valence-corrected chi connectivity index (χ3v) is 5.54. The van der Waals surface area contributed by atoms with E-state index in [1.165, 1.54) is 0 Å². The summed E-state index contributed by atoms with van der Waals surface area (Å²) in [5, 5.41) is 13.0. The average molecular weight is 384 g/mol. The molecular weight excluding hydrogens is 359 g/mol. The first-order valence-corrected chi connectivity index (χ1v) is 9.14. The predicted molar refractivity (Wildman–Crippen MR) is 107 cm³/mol. The largest absolute Gasteiger partial charge is 0.516 e. The summed E-state index contributed by atoms with van der Waals surface area (Å²) in [7, 11) is 4.82. The molecule has 9 nitrogen and oxygen atoms in total. The van der Waals surface area contributed by atoms with Gasteiger partial charge in [0.25, 0.3) is 0 Å². The third kappa shape index (κ3) is 2.93. The van der Waals surface area contributed by atoms with Crippen LogP contribution in [-0.4, -0.2) is 50.0 Å². The highest BCUT2D eigenvalue weighted by Gasteiger charge is 2.52. The summed E-state index contributed by atoms with van der Waals surface area (Å²) in [6, 6.07) is 3.75. The Kier molecular flexibility index (Phi) is 4.16. The van der Waals surface area contributed by atoms with Crippen molar-refractivity contribution in [1.29, 1.82) is 0 Å². The fraction of sp³-hybridized carbons (Fsp3) is 0.500. The number of fused-ring (bicyclic) bond motifs is 1. The van der Waals surface area contributed by atoms with Crippen LogP contribution in [0.2, 0.25) is 0 Å². The molecule has 3 aromatic rings. The first-order valence-electron chi connectivity index (χ1n) is 9.14. The van der Waals surface area contributed by atoms with E-state index in [0.717, 1.165) is 16.9 Å². The fourth-order valence-electron chi connectivity index (χ4n) is 3.14. The molecule has 1 saturated heterocycles. The molecule has 0 bridgehead atoms. The molecule has 10 heteroatoms. The van der Waals surface area contributed by atoms with E-state index < -0.39 is 18.3 Å². The number of pyridine rings is 1. The maximum absolute atomic E-state index is 6.10. The third-order valence-electron chi connectivity index (χ3n) is 5.54. The molecule has 148 valence electrons. The van der Waals surface area contributed by atoms with Gasteiger partial charge in [-0.1, -0.05) is 0 Å². The van der Waals surface area contributed by atoms with Gasteiger partial charge in [-0.2, -0.15) is 10.2 Å². The Morgan fingerprint density at radius 2 is 1.75 bits per heavy atom. The summed E-state index contributed by atoms with van der Waals surface area (Å²) >= 11 is 0. The van der Waals surface area contributed by atoms with Crippen LogP contribution in [0.25, 0.3) is 11.0 Å². The van der Waals surface area contributed by atoms with Gasteiger partial charge < -0.3 is 19.4 Å². The molecule has 1 N–H and O–H groups in total. The monoisotopic (exact) mass is 384 g/mol. The van der Waals surface area contributed by atoms with Crippen LogP contribution in [0.15, 0.2) is 18.3 Å². The lowest BCUT2D eigenvalue weighted by Gasteiger charge is -2.32. The number of aromatic nitrogens is 5. The normalized spacial score (nSPS) is 18.0. The van der Waals surface area contributed by atoms with E-state index in [9.17, 15) is 0 Å². The Balaban J connectivity index is 1.64. The van der Waals surface area contributed by atoms with Crippen LogP contribution in [0.1, 0.15) is 27.7 Å². The van der Waals surface area contributed by atoms with Crippen LogP contribution in [0.5, 0.6) is 5.75 Å². The van der Waals surface area contributed by atoms with Gasteiger partial charge in [0.1, 0.15) is 17.4 Å². The molecule has 0 saturated carbocycles. The number of nitrogens with one attached hydrogen (secondary N) is 1. The summed E-state index contributed by atoms with van der Waals surface area (Å²) in [6.45, 7) is 8.09. The highest BCUT2D eigenvalue weighted by Crippen LogP contribution is 2.36. The van der Waals surface area contributed by atoms with Crippen molar-refractivity contribution >= 4 is 35.4 Å². The average Bonchev–Trinajstić information content (AvgIpc) is 3.23. The van der Waals surface area contributed by atoms with E-state index in [1.807, 2.05) is 53.9 Å². The molecule has 1 fully saturated rings. The standard InChI is InChI=1S/C18H25BN6O3/c1-17(2)18(3,4)28-19(27-17)13-9-15(24(5)23-13)21-14-8-12(26-7)11-10-20-25(6)16(11)22-14/h8-10H,1-7H3,(H,21,22). The number of aryl methyl sites for hydroxylation is 2. The van der Waals surface area contributed by atoms with Crippen LogP contribution >= 0.6 is 0 Å². The van der Waals surface area contributed by atoms with E-state index in [0.29, 0.717) is 17.2 Å². The molecule has 0 amide bonds. The van der Waals surface area contributed by atoms with E-state index in [4.69, 9.17) is 14.0 Å². The first kappa shape index (κ1) is 18.8. The summed E-state index contributed by atoms with van der Waals surface area (Å²) in [4.78, 5) is 4.64. The van der Waals surface area contributed by atoms with Crippen molar-refractivity contribution in [3.63, 3.8) is 0 Å². The molecule has 4 heterocycles. The second-order valence-corrected chi connectivity index (χ2v) is 8.01. The van der Waals surface area contributed by atoms with Gasteiger partial charge in [0.15, 0.2) is 5.65 Å². The minimum absolute atomic E-state index is 0.414. The Morgan fingerprint density at radius 1 is 1.07 bits per heavy atom. The zero-order valence-electron chi connectivity index (χ0n) is 17.3. The lowest BCUT2D eigenvalue weighted by Crippen LogP contribution is -2.41. The number of ether oxygens (including phenoxy) is 1. The van der Waals surface area contributed by atoms with Gasteiger partial charge in [-0.25, -0.2) is 4.98 Å². The summed E-state index contributed by atoms with van der Waals surface area (Å²) < 4.78 is 21.1. The highest BCUT2D eigenvalue weighted by molar-refractivity contribution is 6.61. The van der Waals surface area contributed by atoms with Crippen LogP contribution in [0.4, 0.5) is 11.6 Å². The van der Waals surface area contributed by atoms with Gasteiger partial charge in [0, 0.05) is 26.2 Å². The van der Waals surface area contributed by atoms with Gasteiger partial charge in [-0.05, 0) is 27.7 Å². The Labute approximate surface area is 164 Å². The Morgan fingerprint density at radius 3 is 2.39 bits per heavy atom. The zero-order chi connectivity index (χ0) is 20.3. The minimum atomic E-state index is -0.520. The van der Waals surface area contributed by atoms with Gasteiger partial charge in [0.2, 0.25) is 0 Å². The second kappa shape index (κ2) is 6.21. The summed E-state index contributed by atoms with van der Waals surface area (Å²) in [5.41, 5.74) is 0.609. The van der Waals surface area contributed by atoms with Crippen molar-refractivity contribution in [2.45, 2.75) is 38.9 Å². The summed E-state index contributed by atoms with van der Waals surface area (Å²) in [6.07, 6.45) is 1.74. The fourth-order valence-corrected chi connectivity index (χ4v) is 3.14. The molecule has 28 heavy (non-hydrogen) atoms. The lowest BCUT2D eigenvalue weighted by atomic mass is 9.85. The molecule has 4 rings (SSSR count). The number of hydrogen-bond acceptors (Lipinski definition) is 7. The van der Waals surface area contributed by atoms with Crippen molar-refractivity contribution < 1.29 is 14.0 Å². The van der Waals surface area contributed by atoms with Gasteiger partial charge in [-0.15, -0.1) is 0 Å². The van der Waals surface area contributed by atoms with Crippen molar-refractivity contribution in [3.8, 4) is 5.75 Å². The molecule has 0 spiro atoms. The zero-order valence-corrected chi connectivity index (χ0v) is 17.3. The Bertz CT molecular complexity index is 1030. The predicted octanol–water partition coefficient (Wildman–Crippen LogP) is 1.75. The maximum Gasteiger partial charge on any atom is 0.516 e. The minimum Gasteiger partial charge on any atom is -0.496 e. The van der Waals surface area contributed by atoms with E-state index >= 15 is 0 Å². The molecule has 0 radical (unpaired) electrons. The van der Waals surface area contributed by atoms with Crippen molar-refractivity contribution in [2.75, 3.05) is 12.4 Å². The number of rotatable bonds is 4. The van der Waals surface area contributed by atoms with Crippen LogP contribution < -0.4 is 15.6 Å². The molecule has 1 aliphatic rings. The lowest BCUT2D eigenvalue weighted by molar-refractivity contribution is 0.00578. The van der Waals surface area contributed by atoms with Crippen molar-refractivity contribution in [1.82, 2.24) is 24.5 Å². The van der Waals surface area contributed by atoms with E-state index in [-0.39, 0.29) is 0 Å². The smallest absolute Gasteiger partial charge is 0.496 e. The SMILES string of the molecule is COc1cc(Nc2cc(B3OC(C)(C)C(C)(C)O3)nn2C)nc2c1cnn2C. The number of methoxy groups -OCH3 is 1. The van der Waals surface area contributed by atoms with Crippen LogP contribution in [0, 0.1) is 0 Å². The number of anilines is 2. The maximum atomic E-state index is 6.10. The molecule has 1 aliphatic heterocycles. The van der Waals surface area contributed by atoms with Gasteiger partial charge in [-0.3, -0.25) is 9.36 Å². The second-order valence-electron chi connectivity index (χ2n) is 8.01. The van der Waals surface area contributed by atoms with Crippen molar-refractivity contribution in [3.05, 3.63) is 18.3 Å². The molecule has 3 aromatic heterocycles.